The number of benzene rings is 2. The van der Waals surface area contributed by atoms with Crippen molar-refractivity contribution in [1.29, 1.82) is 0 Å². The lowest BCUT2D eigenvalue weighted by atomic mass is 10.1. The number of hydrogen-bond donors (Lipinski definition) is 1. The number of aryl methyl sites for hydroxylation is 1. The molecule has 0 aliphatic carbocycles. The van der Waals surface area contributed by atoms with Gasteiger partial charge in [0.2, 0.25) is 5.91 Å². The van der Waals surface area contributed by atoms with E-state index < -0.39 is 0 Å². The van der Waals surface area contributed by atoms with Gasteiger partial charge in [-0.25, -0.2) is 0 Å². The Morgan fingerprint density at radius 3 is 2.48 bits per heavy atom. The molecule has 122 valence electrons. The van der Waals surface area contributed by atoms with Crippen molar-refractivity contribution in [2.45, 2.75) is 19.4 Å². The molecule has 2 aromatic carbocycles. The van der Waals surface area contributed by atoms with Crippen LogP contribution in [0, 0.1) is 0 Å². The molecule has 2 rings (SSSR count). The van der Waals surface area contributed by atoms with Crippen molar-refractivity contribution in [2.75, 3.05) is 14.2 Å². The average Bonchev–Trinajstić information content (AvgIpc) is 2.59. The molecule has 1 N–H and O–H groups in total. The highest BCUT2D eigenvalue weighted by atomic mass is 35.5. The summed E-state index contributed by atoms with van der Waals surface area (Å²) in [5, 5.41) is 3.59. The van der Waals surface area contributed by atoms with Crippen LogP contribution < -0.4 is 14.8 Å². The van der Waals surface area contributed by atoms with Gasteiger partial charge >= 0.3 is 0 Å². The topological polar surface area (TPSA) is 47.6 Å². The Labute approximate surface area is 141 Å². The summed E-state index contributed by atoms with van der Waals surface area (Å²) in [4.78, 5) is 12.0. The molecule has 0 aromatic heterocycles. The van der Waals surface area contributed by atoms with Crippen LogP contribution in [0.3, 0.4) is 0 Å². The lowest BCUT2D eigenvalue weighted by Gasteiger charge is -2.10. The van der Waals surface area contributed by atoms with Crippen LogP contribution >= 0.6 is 11.6 Å². The van der Waals surface area contributed by atoms with Crippen LogP contribution in [-0.4, -0.2) is 20.1 Å². The predicted molar refractivity (Wildman–Crippen MR) is 91.2 cm³/mol. The molecule has 1 amide bonds. The van der Waals surface area contributed by atoms with Gasteiger partial charge in [-0.05, 0) is 47.9 Å². The second kappa shape index (κ2) is 8.44. The molecule has 0 spiro atoms. The summed E-state index contributed by atoms with van der Waals surface area (Å²) in [5.74, 6) is 1.50. The van der Waals surface area contributed by atoms with Gasteiger partial charge in [0.1, 0.15) is 11.5 Å². The van der Waals surface area contributed by atoms with Crippen LogP contribution in [0.2, 0.25) is 5.02 Å². The minimum Gasteiger partial charge on any atom is -0.497 e. The SMILES string of the molecule is COc1ccc(OC)c(CCC(=O)NCc2ccc(Cl)cc2)c1. The number of methoxy groups -OCH3 is 2. The molecule has 0 fully saturated rings. The number of rotatable bonds is 7. The first-order valence-electron chi connectivity index (χ1n) is 7.34. The van der Waals surface area contributed by atoms with Crippen molar-refractivity contribution in [2.24, 2.45) is 0 Å². The fourth-order valence-corrected chi connectivity index (χ4v) is 2.34. The smallest absolute Gasteiger partial charge is 0.220 e. The van der Waals surface area contributed by atoms with Crippen molar-refractivity contribution in [1.82, 2.24) is 5.32 Å². The molecule has 4 nitrogen and oxygen atoms in total. The monoisotopic (exact) mass is 333 g/mol. The van der Waals surface area contributed by atoms with Crippen LogP contribution in [0.15, 0.2) is 42.5 Å². The molecule has 2 aromatic rings. The predicted octanol–water partition coefficient (Wildman–Crippen LogP) is 3.61. The molecule has 0 unspecified atom stereocenters. The van der Waals surface area contributed by atoms with Crippen molar-refractivity contribution >= 4 is 17.5 Å². The lowest BCUT2D eigenvalue weighted by Crippen LogP contribution is -2.23. The van der Waals surface area contributed by atoms with E-state index in [9.17, 15) is 4.79 Å². The van der Waals surface area contributed by atoms with E-state index in [2.05, 4.69) is 5.32 Å². The molecule has 0 aliphatic heterocycles. The van der Waals surface area contributed by atoms with E-state index in [4.69, 9.17) is 21.1 Å². The average molecular weight is 334 g/mol. The van der Waals surface area contributed by atoms with Crippen LogP contribution in [0.5, 0.6) is 11.5 Å². The zero-order valence-electron chi connectivity index (χ0n) is 13.3. The third-order valence-electron chi connectivity index (χ3n) is 3.51. The number of ether oxygens (including phenoxy) is 2. The quantitative estimate of drug-likeness (QED) is 0.842. The van der Waals surface area contributed by atoms with E-state index in [1.165, 1.54) is 0 Å². The van der Waals surface area contributed by atoms with Gasteiger partial charge in [0, 0.05) is 18.0 Å². The van der Waals surface area contributed by atoms with Gasteiger partial charge in [0.25, 0.3) is 0 Å². The number of amides is 1. The zero-order valence-corrected chi connectivity index (χ0v) is 14.0. The second-order valence-electron chi connectivity index (χ2n) is 5.08. The molecule has 0 atom stereocenters. The maximum Gasteiger partial charge on any atom is 0.220 e. The maximum atomic E-state index is 12.0. The summed E-state index contributed by atoms with van der Waals surface area (Å²) in [5.41, 5.74) is 1.97. The number of hydrogen-bond acceptors (Lipinski definition) is 3. The molecule has 0 radical (unpaired) electrons. The molecule has 23 heavy (non-hydrogen) atoms. The molecular weight excluding hydrogens is 314 g/mol. The Morgan fingerprint density at radius 2 is 1.83 bits per heavy atom. The van der Waals surface area contributed by atoms with Crippen LogP contribution in [0.25, 0.3) is 0 Å². The standard InChI is InChI=1S/C18H20ClNO3/c1-22-16-8-9-17(23-2)14(11-16)5-10-18(21)20-12-13-3-6-15(19)7-4-13/h3-4,6-9,11H,5,10,12H2,1-2H3,(H,20,21). The minimum absolute atomic E-state index is 0.00942. The molecule has 0 saturated carbocycles. The van der Waals surface area contributed by atoms with Crippen LogP contribution in [0.4, 0.5) is 0 Å². The van der Waals surface area contributed by atoms with Gasteiger partial charge in [-0.1, -0.05) is 23.7 Å². The van der Waals surface area contributed by atoms with E-state index in [1.807, 2.05) is 42.5 Å². The van der Waals surface area contributed by atoms with Gasteiger partial charge in [-0.2, -0.15) is 0 Å². The Balaban J connectivity index is 1.87. The Hall–Kier alpha value is -2.20. The first-order valence-corrected chi connectivity index (χ1v) is 7.72. The summed E-state index contributed by atoms with van der Waals surface area (Å²) in [7, 11) is 3.23. The van der Waals surface area contributed by atoms with Crippen molar-refractivity contribution in [3.8, 4) is 11.5 Å². The Kier molecular flexibility index (Phi) is 6.29. The second-order valence-corrected chi connectivity index (χ2v) is 5.52. The van der Waals surface area contributed by atoms with Crippen LogP contribution in [0.1, 0.15) is 17.5 Å². The Morgan fingerprint density at radius 1 is 1.09 bits per heavy atom. The summed E-state index contributed by atoms with van der Waals surface area (Å²) >= 11 is 5.84. The van der Waals surface area contributed by atoms with Crippen molar-refractivity contribution < 1.29 is 14.3 Å². The highest BCUT2D eigenvalue weighted by Crippen LogP contribution is 2.25. The lowest BCUT2D eigenvalue weighted by molar-refractivity contribution is -0.121. The first kappa shape index (κ1) is 17.2. The summed E-state index contributed by atoms with van der Waals surface area (Å²) < 4.78 is 10.5. The highest BCUT2D eigenvalue weighted by Gasteiger charge is 2.08. The minimum atomic E-state index is -0.00942. The van der Waals surface area contributed by atoms with E-state index in [1.54, 1.807) is 14.2 Å². The summed E-state index contributed by atoms with van der Waals surface area (Å²) in [6.07, 6.45) is 0.976. The van der Waals surface area contributed by atoms with Gasteiger partial charge in [-0.3, -0.25) is 4.79 Å². The third-order valence-corrected chi connectivity index (χ3v) is 3.76. The third kappa shape index (κ3) is 5.18. The molecule has 0 saturated heterocycles. The van der Waals surface area contributed by atoms with Crippen molar-refractivity contribution in [3.63, 3.8) is 0 Å². The van der Waals surface area contributed by atoms with E-state index in [0.717, 1.165) is 22.6 Å². The normalized spacial score (nSPS) is 10.2. The number of nitrogens with one attached hydrogen (secondary N) is 1. The molecule has 0 heterocycles. The number of carbonyl (C=O) groups is 1. The molecule has 0 bridgehead atoms. The van der Waals surface area contributed by atoms with Gasteiger partial charge in [-0.15, -0.1) is 0 Å². The largest absolute Gasteiger partial charge is 0.497 e. The van der Waals surface area contributed by atoms with E-state index in [0.29, 0.717) is 24.4 Å². The van der Waals surface area contributed by atoms with E-state index >= 15 is 0 Å². The molecule has 5 heteroatoms. The Bertz CT molecular complexity index is 656. The summed E-state index contributed by atoms with van der Waals surface area (Å²) in [6.45, 7) is 0.491. The number of halogens is 1. The fourth-order valence-electron chi connectivity index (χ4n) is 2.22. The summed E-state index contributed by atoms with van der Waals surface area (Å²) in [6, 6.07) is 13.0. The molecule has 0 aliphatic rings. The number of carbonyl (C=O) groups excluding carboxylic acids is 1. The van der Waals surface area contributed by atoms with Crippen molar-refractivity contribution in [3.05, 3.63) is 58.6 Å². The van der Waals surface area contributed by atoms with Gasteiger partial charge < -0.3 is 14.8 Å². The highest BCUT2D eigenvalue weighted by molar-refractivity contribution is 6.30. The van der Waals surface area contributed by atoms with E-state index in [-0.39, 0.29) is 5.91 Å². The maximum absolute atomic E-state index is 12.0. The van der Waals surface area contributed by atoms with Gasteiger partial charge in [0.05, 0.1) is 14.2 Å². The molecular formula is C18H20ClNO3. The van der Waals surface area contributed by atoms with Crippen LogP contribution in [-0.2, 0) is 17.8 Å². The zero-order chi connectivity index (χ0) is 16.7. The van der Waals surface area contributed by atoms with Gasteiger partial charge in [0.15, 0.2) is 0 Å². The first-order chi connectivity index (χ1) is 11.1. The fraction of sp³-hybridized carbons (Fsp3) is 0.278.